The molecule has 6 heteroatoms. The quantitative estimate of drug-likeness (QED) is 0.701. The Balaban J connectivity index is 2.14. The molecule has 15 heavy (non-hydrogen) atoms. The number of hydrogen-bond acceptors (Lipinski definition) is 4. The first-order valence-corrected chi connectivity index (χ1v) is 5.45. The zero-order valence-electron chi connectivity index (χ0n) is 8.03. The van der Waals surface area contributed by atoms with E-state index in [9.17, 15) is 9.59 Å². The lowest BCUT2D eigenvalue weighted by Crippen LogP contribution is -2.49. The Kier molecular flexibility index (Phi) is 2.59. The third-order valence-corrected chi connectivity index (χ3v) is 3.13. The molecule has 3 N–H and O–H groups in total. The highest BCUT2D eigenvalue weighted by Crippen LogP contribution is 2.20. The number of hydrogen-bond donors (Lipinski definition) is 2. The molecule has 0 unspecified atom stereocenters. The Morgan fingerprint density at radius 3 is 3.00 bits per heavy atom. The molecule has 1 aliphatic heterocycles. The zero-order chi connectivity index (χ0) is 10.8. The van der Waals surface area contributed by atoms with Gasteiger partial charge in [0, 0.05) is 13.1 Å². The maximum atomic E-state index is 11.9. The van der Waals surface area contributed by atoms with Crippen LogP contribution in [-0.2, 0) is 4.79 Å². The van der Waals surface area contributed by atoms with Gasteiger partial charge in [0.1, 0.15) is 4.88 Å². The number of rotatable bonds is 1. The molecule has 2 heterocycles. The minimum absolute atomic E-state index is 0.121. The summed E-state index contributed by atoms with van der Waals surface area (Å²) in [6, 6.07) is 1.70. The van der Waals surface area contributed by atoms with Crippen molar-refractivity contribution in [2.24, 2.45) is 0 Å². The molecule has 0 saturated carbocycles. The summed E-state index contributed by atoms with van der Waals surface area (Å²) in [6.07, 6.45) is 0. The van der Waals surface area contributed by atoms with Gasteiger partial charge in [0.05, 0.1) is 12.2 Å². The number of nitrogens with two attached hydrogens (primary N) is 1. The normalized spacial score (nSPS) is 16.3. The van der Waals surface area contributed by atoms with Crippen LogP contribution >= 0.6 is 11.3 Å². The number of amides is 2. The van der Waals surface area contributed by atoms with Gasteiger partial charge in [0.15, 0.2) is 0 Å². The van der Waals surface area contributed by atoms with E-state index in [2.05, 4.69) is 5.32 Å². The summed E-state index contributed by atoms with van der Waals surface area (Å²) in [4.78, 5) is 25.0. The molecule has 0 bridgehead atoms. The van der Waals surface area contributed by atoms with E-state index in [1.54, 1.807) is 11.4 Å². The Bertz CT molecular complexity index is 402. The van der Waals surface area contributed by atoms with Crippen molar-refractivity contribution in [3.05, 3.63) is 16.3 Å². The number of piperazine rings is 1. The first-order chi connectivity index (χ1) is 7.18. The monoisotopic (exact) mass is 225 g/mol. The molecule has 0 spiro atoms. The summed E-state index contributed by atoms with van der Waals surface area (Å²) in [5.41, 5.74) is 6.13. The van der Waals surface area contributed by atoms with Crippen molar-refractivity contribution >= 4 is 28.8 Å². The summed E-state index contributed by atoms with van der Waals surface area (Å²) in [5.74, 6) is -0.276. The van der Waals surface area contributed by atoms with E-state index < -0.39 is 0 Å². The molecule has 80 valence electrons. The summed E-state index contributed by atoms with van der Waals surface area (Å²) in [5, 5.41) is 4.44. The van der Waals surface area contributed by atoms with Gasteiger partial charge >= 0.3 is 0 Å². The topological polar surface area (TPSA) is 75.4 Å². The van der Waals surface area contributed by atoms with Gasteiger partial charge in [0.25, 0.3) is 5.91 Å². The standard InChI is InChI=1S/C9H11N3O2S/c10-6-1-4-15-8(6)9(14)12-3-2-11-7(13)5-12/h1,4H,2-3,5,10H2,(H,11,13). The van der Waals surface area contributed by atoms with Crippen LogP contribution in [0.25, 0.3) is 0 Å². The van der Waals surface area contributed by atoms with Crippen LogP contribution in [-0.4, -0.2) is 36.3 Å². The Morgan fingerprint density at radius 1 is 1.60 bits per heavy atom. The first-order valence-electron chi connectivity index (χ1n) is 4.57. The molecular weight excluding hydrogens is 214 g/mol. The molecule has 0 aliphatic carbocycles. The number of carbonyl (C=O) groups is 2. The number of nitrogen functional groups attached to an aromatic ring is 1. The fourth-order valence-corrected chi connectivity index (χ4v) is 2.23. The number of nitrogens with zero attached hydrogens (tertiary/aromatic N) is 1. The molecule has 2 amide bonds. The van der Waals surface area contributed by atoms with E-state index in [0.717, 1.165) is 0 Å². The predicted octanol–water partition coefficient (Wildman–Crippen LogP) is -0.0977. The van der Waals surface area contributed by atoms with Crippen LogP contribution in [0.3, 0.4) is 0 Å². The largest absolute Gasteiger partial charge is 0.397 e. The molecule has 1 saturated heterocycles. The van der Waals surface area contributed by atoms with Gasteiger partial charge in [-0.2, -0.15) is 0 Å². The van der Waals surface area contributed by atoms with E-state index in [0.29, 0.717) is 23.7 Å². The number of nitrogens with one attached hydrogen (secondary N) is 1. The van der Waals surface area contributed by atoms with Crippen LogP contribution in [0.15, 0.2) is 11.4 Å². The van der Waals surface area contributed by atoms with Crippen molar-refractivity contribution in [2.75, 3.05) is 25.4 Å². The Labute approximate surface area is 90.9 Å². The molecule has 2 rings (SSSR count). The van der Waals surface area contributed by atoms with Gasteiger partial charge in [-0.1, -0.05) is 0 Å². The van der Waals surface area contributed by atoms with Crippen LogP contribution in [0, 0.1) is 0 Å². The second-order valence-corrected chi connectivity index (χ2v) is 4.20. The van der Waals surface area contributed by atoms with Crippen molar-refractivity contribution in [3.8, 4) is 0 Å². The van der Waals surface area contributed by atoms with Crippen LogP contribution in [0.2, 0.25) is 0 Å². The van der Waals surface area contributed by atoms with Crippen molar-refractivity contribution in [3.63, 3.8) is 0 Å². The lowest BCUT2D eigenvalue weighted by molar-refractivity contribution is -0.123. The number of thiophene rings is 1. The highest BCUT2D eigenvalue weighted by atomic mass is 32.1. The maximum absolute atomic E-state index is 11.9. The minimum Gasteiger partial charge on any atom is -0.397 e. The molecule has 1 aromatic heterocycles. The second kappa shape index (κ2) is 3.90. The fourth-order valence-electron chi connectivity index (χ4n) is 1.45. The van der Waals surface area contributed by atoms with E-state index >= 15 is 0 Å². The summed E-state index contributed by atoms with van der Waals surface area (Å²) in [6.45, 7) is 1.17. The van der Waals surface area contributed by atoms with Crippen molar-refractivity contribution < 1.29 is 9.59 Å². The second-order valence-electron chi connectivity index (χ2n) is 3.28. The summed E-state index contributed by atoms with van der Waals surface area (Å²) >= 11 is 1.30. The van der Waals surface area contributed by atoms with Gasteiger partial charge in [-0.25, -0.2) is 0 Å². The zero-order valence-corrected chi connectivity index (χ0v) is 8.84. The lowest BCUT2D eigenvalue weighted by Gasteiger charge is -2.26. The molecule has 1 fully saturated rings. The van der Waals surface area contributed by atoms with Crippen LogP contribution in [0.5, 0.6) is 0 Å². The molecule has 5 nitrogen and oxygen atoms in total. The van der Waals surface area contributed by atoms with E-state index in [4.69, 9.17) is 5.73 Å². The Morgan fingerprint density at radius 2 is 2.40 bits per heavy atom. The average Bonchev–Trinajstić information content (AvgIpc) is 2.63. The van der Waals surface area contributed by atoms with Crippen molar-refractivity contribution in [2.45, 2.75) is 0 Å². The first kappa shape index (κ1) is 9.97. The van der Waals surface area contributed by atoms with Crippen molar-refractivity contribution in [1.29, 1.82) is 0 Å². The third-order valence-electron chi connectivity index (χ3n) is 2.22. The smallest absolute Gasteiger partial charge is 0.266 e. The third kappa shape index (κ3) is 1.94. The van der Waals surface area contributed by atoms with Gasteiger partial charge in [-0.3, -0.25) is 9.59 Å². The molecule has 0 radical (unpaired) electrons. The van der Waals surface area contributed by atoms with Gasteiger partial charge in [-0.15, -0.1) is 11.3 Å². The highest BCUT2D eigenvalue weighted by molar-refractivity contribution is 7.12. The van der Waals surface area contributed by atoms with E-state index in [1.807, 2.05) is 0 Å². The number of carbonyl (C=O) groups excluding carboxylic acids is 2. The van der Waals surface area contributed by atoms with Gasteiger partial charge in [-0.05, 0) is 11.4 Å². The SMILES string of the molecule is Nc1ccsc1C(=O)N1CCNC(=O)C1. The minimum atomic E-state index is -0.155. The maximum Gasteiger partial charge on any atom is 0.266 e. The van der Waals surface area contributed by atoms with Crippen molar-refractivity contribution in [1.82, 2.24) is 10.2 Å². The van der Waals surface area contributed by atoms with Gasteiger partial charge in [0.2, 0.25) is 5.91 Å². The van der Waals surface area contributed by atoms with E-state index in [1.165, 1.54) is 16.2 Å². The van der Waals surface area contributed by atoms with Crippen LogP contribution in [0.1, 0.15) is 9.67 Å². The summed E-state index contributed by atoms with van der Waals surface area (Å²) in [7, 11) is 0. The van der Waals surface area contributed by atoms with Gasteiger partial charge < -0.3 is 16.0 Å². The molecule has 0 aromatic carbocycles. The average molecular weight is 225 g/mol. The Hall–Kier alpha value is -1.56. The molecular formula is C9H11N3O2S. The highest BCUT2D eigenvalue weighted by Gasteiger charge is 2.24. The lowest BCUT2D eigenvalue weighted by atomic mass is 10.3. The molecule has 1 aliphatic rings. The number of anilines is 1. The van der Waals surface area contributed by atoms with Crippen LogP contribution < -0.4 is 11.1 Å². The van der Waals surface area contributed by atoms with E-state index in [-0.39, 0.29) is 18.4 Å². The fraction of sp³-hybridized carbons (Fsp3) is 0.333. The molecule has 1 aromatic rings. The predicted molar refractivity (Wildman–Crippen MR) is 57.6 cm³/mol. The summed E-state index contributed by atoms with van der Waals surface area (Å²) < 4.78 is 0. The van der Waals surface area contributed by atoms with Crippen LogP contribution in [0.4, 0.5) is 5.69 Å². The molecule has 0 atom stereocenters.